The highest BCUT2D eigenvalue weighted by Gasteiger charge is 2.49. The van der Waals surface area contributed by atoms with E-state index in [-0.39, 0.29) is 6.09 Å². The monoisotopic (exact) mass is 481 g/mol. The molecule has 0 bridgehead atoms. The number of amides is 1. The Kier molecular flexibility index (Phi) is 12.8. The van der Waals surface area contributed by atoms with Gasteiger partial charge in [0.15, 0.2) is 25.0 Å². The number of nitrogens with one attached hydrogen (secondary N) is 1. The molecule has 0 aliphatic carbocycles. The fraction of sp³-hybridized carbons (Fsp3) is 0.947. The molecule has 1 amide bonds. The summed E-state index contributed by atoms with van der Waals surface area (Å²) in [6, 6.07) is 0.725. The van der Waals surface area contributed by atoms with Gasteiger partial charge < -0.3 is 22.4 Å². The van der Waals surface area contributed by atoms with Crippen LogP contribution in [0.3, 0.4) is 0 Å². The molecular formula is C19H47NO5Si4. The number of ether oxygens (including phenoxy) is 1. The van der Waals surface area contributed by atoms with Gasteiger partial charge in [-0.3, -0.25) is 0 Å². The van der Waals surface area contributed by atoms with Crippen LogP contribution in [-0.4, -0.2) is 53.0 Å². The van der Waals surface area contributed by atoms with E-state index < -0.39 is 33.8 Å². The minimum atomic E-state index is -2.82. The molecule has 174 valence electrons. The van der Waals surface area contributed by atoms with Crippen molar-refractivity contribution in [2.24, 2.45) is 0 Å². The normalized spacial score (nSPS) is 13.4. The zero-order chi connectivity index (χ0) is 22.8. The summed E-state index contributed by atoms with van der Waals surface area (Å²) in [5.74, 6) is 0. The molecule has 0 saturated carbocycles. The zero-order valence-corrected chi connectivity index (χ0v) is 24.7. The van der Waals surface area contributed by atoms with Crippen LogP contribution in [0.5, 0.6) is 0 Å². The Morgan fingerprint density at radius 3 is 1.62 bits per heavy atom. The standard InChI is InChI=1S/C19H47NO5Si4/c1-11-12-13-14-17-22-19(21)20-16-15-18-29(23-26(2,3)4,24-27(5,6)7)25-28(8,9)10/h11-18H2,1-10H3,(H,20,21). The molecule has 0 saturated heterocycles. The molecule has 0 spiro atoms. The lowest BCUT2D eigenvalue weighted by Gasteiger charge is -2.42. The first-order valence-corrected chi connectivity index (χ1v) is 23.2. The van der Waals surface area contributed by atoms with Gasteiger partial charge in [0.1, 0.15) is 0 Å². The van der Waals surface area contributed by atoms with Crippen LogP contribution < -0.4 is 5.32 Å². The van der Waals surface area contributed by atoms with Crippen molar-refractivity contribution in [2.75, 3.05) is 13.2 Å². The molecule has 0 aromatic carbocycles. The lowest BCUT2D eigenvalue weighted by Crippen LogP contribution is -2.60. The summed E-state index contributed by atoms with van der Waals surface area (Å²) in [6.45, 7) is 22.9. The lowest BCUT2D eigenvalue weighted by molar-refractivity contribution is 0.143. The summed E-state index contributed by atoms with van der Waals surface area (Å²) in [6.07, 6.45) is 4.82. The van der Waals surface area contributed by atoms with Gasteiger partial charge in [-0.05, 0) is 71.8 Å². The third-order valence-electron chi connectivity index (χ3n) is 3.55. The molecule has 0 atom stereocenters. The molecule has 0 aliphatic heterocycles. The van der Waals surface area contributed by atoms with Crippen LogP contribution in [0.15, 0.2) is 0 Å². The highest BCUT2D eigenvalue weighted by Crippen LogP contribution is 2.29. The summed E-state index contributed by atoms with van der Waals surface area (Å²) < 4.78 is 25.2. The van der Waals surface area contributed by atoms with Crippen LogP contribution in [0.25, 0.3) is 0 Å². The highest BCUT2D eigenvalue weighted by atomic mass is 28.5. The third kappa shape index (κ3) is 17.4. The molecular weight excluding hydrogens is 435 g/mol. The molecule has 0 radical (unpaired) electrons. The van der Waals surface area contributed by atoms with Crippen LogP contribution >= 0.6 is 0 Å². The largest absolute Gasteiger partial charge is 0.469 e. The maximum absolute atomic E-state index is 11.9. The third-order valence-corrected chi connectivity index (χ3v) is 15.6. The van der Waals surface area contributed by atoms with Crippen molar-refractivity contribution in [2.45, 2.75) is 104 Å². The Morgan fingerprint density at radius 1 is 0.724 bits per heavy atom. The van der Waals surface area contributed by atoms with Gasteiger partial charge in [-0.25, -0.2) is 4.79 Å². The molecule has 0 aromatic rings. The molecule has 6 nitrogen and oxygen atoms in total. The lowest BCUT2D eigenvalue weighted by atomic mass is 10.2. The molecule has 29 heavy (non-hydrogen) atoms. The van der Waals surface area contributed by atoms with Gasteiger partial charge in [0.05, 0.1) is 6.61 Å². The van der Waals surface area contributed by atoms with Crippen molar-refractivity contribution in [3.63, 3.8) is 0 Å². The van der Waals surface area contributed by atoms with Gasteiger partial charge in [0.2, 0.25) is 0 Å². The topological polar surface area (TPSA) is 66.0 Å². The van der Waals surface area contributed by atoms with E-state index in [4.69, 9.17) is 17.1 Å². The van der Waals surface area contributed by atoms with Crippen molar-refractivity contribution in [1.82, 2.24) is 5.32 Å². The van der Waals surface area contributed by atoms with Gasteiger partial charge in [-0.15, -0.1) is 0 Å². The fourth-order valence-corrected chi connectivity index (χ4v) is 17.5. The van der Waals surface area contributed by atoms with E-state index in [1.54, 1.807) is 0 Å². The first-order chi connectivity index (χ1) is 13.1. The second-order valence-corrected chi connectivity index (χ2v) is 27.5. The van der Waals surface area contributed by atoms with Crippen molar-refractivity contribution in [1.29, 1.82) is 0 Å². The number of hydrogen-bond acceptors (Lipinski definition) is 5. The van der Waals surface area contributed by atoms with Crippen LogP contribution in [-0.2, 0) is 17.1 Å². The summed E-state index contributed by atoms with van der Waals surface area (Å²) in [5.41, 5.74) is 0. The first kappa shape index (κ1) is 29.0. The number of unbranched alkanes of at least 4 members (excludes halogenated alkanes) is 3. The Bertz CT molecular complexity index is 432. The highest BCUT2D eigenvalue weighted by molar-refractivity contribution is 6.90. The van der Waals surface area contributed by atoms with Crippen LogP contribution in [0.2, 0.25) is 65.0 Å². The van der Waals surface area contributed by atoms with E-state index in [1.807, 2.05) is 0 Å². The van der Waals surface area contributed by atoms with Gasteiger partial charge in [0, 0.05) is 12.6 Å². The number of alkyl carbamates (subject to hydrolysis) is 1. The Balaban J connectivity index is 4.84. The molecule has 0 aromatic heterocycles. The molecule has 0 aliphatic rings. The molecule has 1 N–H and O–H groups in total. The van der Waals surface area contributed by atoms with Crippen LogP contribution in [0.4, 0.5) is 4.79 Å². The minimum Gasteiger partial charge on any atom is -0.450 e. The summed E-state index contributed by atoms with van der Waals surface area (Å²) in [5, 5.41) is 2.86. The zero-order valence-electron chi connectivity index (χ0n) is 20.7. The number of carbonyl (C=O) groups excluding carboxylic acids is 1. The summed E-state index contributed by atoms with van der Waals surface area (Å²) in [4.78, 5) is 11.9. The average molecular weight is 482 g/mol. The fourth-order valence-electron chi connectivity index (χ4n) is 2.86. The SMILES string of the molecule is CCCCCCOC(=O)NCCC[Si](O[Si](C)(C)C)(O[Si](C)(C)C)O[Si](C)(C)C. The van der Waals surface area contributed by atoms with E-state index in [9.17, 15) is 4.79 Å². The van der Waals surface area contributed by atoms with E-state index in [0.29, 0.717) is 13.2 Å². The van der Waals surface area contributed by atoms with Gasteiger partial charge >= 0.3 is 14.9 Å². The molecule has 0 unspecified atom stereocenters. The molecule has 10 heteroatoms. The van der Waals surface area contributed by atoms with Crippen LogP contribution in [0.1, 0.15) is 39.0 Å². The smallest absolute Gasteiger partial charge is 0.450 e. The molecule has 0 heterocycles. The Hall–Kier alpha value is 0.0175. The van der Waals surface area contributed by atoms with Crippen LogP contribution in [0, 0.1) is 0 Å². The molecule has 0 rings (SSSR count). The predicted molar refractivity (Wildman–Crippen MR) is 132 cm³/mol. The number of carbonyl (C=O) groups is 1. The maximum Gasteiger partial charge on any atom is 0.469 e. The van der Waals surface area contributed by atoms with E-state index in [1.165, 1.54) is 12.8 Å². The van der Waals surface area contributed by atoms with E-state index >= 15 is 0 Å². The Morgan fingerprint density at radius 2 is 1.21 bits per heavy atom. The van der Waals surface area contributed by atoms with E-state index in [2.05, 4.69) is 71.2 Å². The number of hydrogen-bond donors (Lipinski definition) is 1. The Labute approximate surface area is 184 Å². The van der Waals surface area contributed by atoms with Gasteiger partial charge in [-0.1, -0.05) is 26.2 Å². The van der Waals surface area contributed by atoms with Gasteiger partial charge in [0.25, 0.3) is 0 Å². The average Bonchev–Trinajstić information content (AvgIpc) is 2.46. The first-order valence-electron chi connectivity index (χ1n) is 11.1. The maximum atomic E-state index is 11.9. The van der Waals surface area contributed by atoms with Crippen molar-refractivity contribution in [3.8, 4) is 0 Å². The van der Waals surface area contributed by atoms with Crippen molar-refractivity contribution in [3.05, 3.63) is 0 Å². The van der Waals surface area contributed by atoms with Gasteiger partial charge in [-0.2, -0.15) is 0 Å². The second-order valence-electron chi connectivity index (χ2n) is 10.6. The quantitative estimate of drug-likeness (QED) is 0.223. The number of rotatable bonds is 15. The summed E-state index contributed by atoms with van der Waals surface area (Å²) in [7, 11) is -8.40. The van der Waals surface area contributed by atoms with Crippen molar-refractivity contribution >= 4 is 39.8 Å². The minimum absolute atomic E-state index is 0.336. The second kappa shape index (κ2) is 12.8. The van der Waals surface area contributed by atoms with E-state index in [0.717, 1.165) is 25.3 Å². The van der Waals surface area contributed by atoms with Crippen molar-refractivity contribution < 1.29 is 21.9 Å². The predicted octanol–water partition coefficient (Wildman–Crippen LogP) is 6.18. The summed E-state index contributed by atoms with van der Waals surface area (Å²) >= 11 is 0. The molecule has 0 fully saturated rings.